The fraction of sp³-hybridized carbons (Fsp3) is 0.136. The maximum absolute atomic E-state index is 14.3. The molecular weight excluding hydrogens is 430 g/mol. The lowest BCUT2D eigenvalue weighted by Crippen LogP contribution is -2.63. The van der Waals surface area contributed by atoms with Gasteiger partial charge in [-0.1, -0.05) is 30.3 Å². The third-order valence-corrected chi connectivity index (χ3v) is 4.82. The average Bonchev–Trinajstić information content (AvgIpc) is 3.37. The molecule has 0 fully saturated rings. The van der Waals surface area contributed by atoms with Crippen molar-refractivity contribution in [3.8, 4) is 0 Å². The molecule has 1 aliphatic heterocycles. The Morgan fingerprint density at radius 1 is 1.03 bits per heavy atom. The van der Waals surface area contributed by atoms with Crippen LogP contribution in [0.4, 0.5) is 17.6 Å². The first-order valence-electron chi connectivity index (χ1n) is 9.36. The van der Waals surface area contributed by atoms with Gasteiger partial charge < -0.3 is 9.73 Å². The van der Waals surface area contributed by atoms with Gasteiger partial charge in [-0.25, -0.2) is 9.38 Å². The highest BCUT2D eigenvalue weighted by molar-refractivity contribution is 6.16. The predicted molar refractivity (Wildman–Crippen MR) is 105 cm³/mol. The van der Waals surface area contributed by atoms with Crippen LogP contribution in [0.25, 0.3) is 0 Å². The van der Waals surface area contributed by atoms with Gasteiger partial charge in [0, 0.05) is 11.1 Å². The van der Waals surface area contributed by atoms with Gasteiger partial charge in [-0.15, -0.1) is 0 Å². The van der Waals surface area contributed by atoms with Crippen molar-refractivity contribution in [2.24, 2.45) is 4.99 Å². The molecule has 0 saturated heterocycles. The number of nitrogens with one attached hydrogen (secondary N) is 1. The summed E-state index contributed by atoms with van der Waals surface area (Å²) in [4.78, 5) is 30.3. The number of furan rings is 1. The van der Waals surface area contributed by atoms with E-state index in [0.717, 1.165) is 29.2 Å². The Kier molecular flexibility index (Phi) is 5.29. The van der Waals surface area contributed by atoms with Crippen molar-refractivity contribution in [2.75, 3.05) is 0 Å². The van der Waals surface area contributed by atoms with Crippen LogP contribution in [0.5, 0.6) is 0 Å². The number of nitrogens with zero attached hydrogens (tertiary/aromatic N) is 2. The van der Waals surface area contributed by atoms with E-state index in [1.165, 1.54) is 30.5 Å². The van der Waals surface area contributed by atoms with Crippen LogP contribution in [0.15, 0.2) is 82.4 Å². The monoisotopic (exact) mass is 445 g/mol. The number of carbonyl (C=O) groups excluding carboxylic acids is 2. The third-order valence-electron chi connectivity index (χ3n) is 4.82. The Balaban J connectivity index is 1.79. The highest BCUT2D eigenvalue weighted by atomic mass is 19.4. The quantitative estimate of drug-likeness (QED) is 0.606. The number of amidine groups is 1. The van der Waals surface area contributed by atoms with Crippen LogP contribution in [-0.2, 0) is 11.3 Å². The summed E-state index contributed by atoms with van der Waals surface area (Å²) in [5, 5.41) is 1.73. The first-order valence-corrected chi connectivity index (χ1v) is 9.36. The molecule has 1 N–H and O–H groups in total. The van der Waals surface area contributed by atoms with Gasteiger partial charge in [-0.2, -0.15) is 13.2 Å². The van der Waals surface area contributed by atoms with E-state index in [-0.39, 0.29) is 29.3 Å². The first-order chi connectivity index (χ1) is 15.2. The van der Waals surface area contributed by atoms with Crippen molar-refractivity contribution in [1.82, 2.24) is 10.2 Å². The van der Waals surface area contributed by atoms with Crippen molar-refractivity contribution in [3.05, 3.63) is 95.7 Å². The van der Waals surface area contributed by atoms with E-state index >= 15 is 0 Å². The molecule has 0 saturated carbocycles. The summed E-state index contributed by atoms with van der Waals surface area (Å²) < 4.78 is 61.2. The van der Waals surface area contributed by atoms with E-state index in [4.69, 9.17) is 4.42 Å². The molecule has 2 amide bonds. The van der Waals surface area contributed by atoms with Crippen LogP contribution < -0.4 is 5.32 Å². The summed E-state index contributed by atoms with van der Waals surface area (Å²) in [6, 6.07) is 14.7. The molecule has 1 aromatic heterocycles. The average molecular weight is 445 g/mol. The predicted octanol–water partition coefficient (Wildman–Crippen LogP) is 3.90. The molecule has 0 radical (unpaired) electrons. The number of halogens is 4. The Morgan fingerprint density at radius 2 is 1.72 bits per heavy atom. The van der Waals surface area contributed by atoms with Crippen LogP contribution in [-0.4, -0.2) is 34.4 Å². The van der Waals surface area contributed by atoms with Gasteiger partial charge >= 0.3 is 11.8 Å². The summed E-state index contributed by atoms with van der Waals surface area (Å²) >= 11 is 0. The number of amides is 2. The van der Waals surface area contributed by atoms with Gasteiger partial charge in [0.2, 0.25) is 0 Å². The zero-order valence-corrected chi connectivity index (χ0v) is 16.3. The summed E-state index contributed by atoms with van der Waals surface area (Å²) in [6.07, 6.45) is -3.94. The fourth-order valence-electron chi connectivity index (χ4n) is 3.25. The maximum Gasteiger partial charge on any atom is 0.442 e. The SMILES string of the molecule is O=C(NC1(C(F)(F)F)N=C(c2ccccc2)N(Cc2ccco2)C1=O)c1ccc(F)cc1. The minimum absolute atomic E-state index is 0.227. The topological polar surface area (TPSA) is 74.9 Å². The molecule has 0 spiro atoms. The molecule has 32 heavy (non-hydrogen) atoms. The number of rotatable bonds is 5. The van der Waals surface area contributed by atoms with E-state index in [2.05, 4.69) is 4.99 Å². The van der Waals surface area contributed by atoms with E-state index in [1.807, 2.05) is 0 Å². The molecule has 1 atom stereocenters. The van der Waals surface area contributed by atoms with Crippen molar-refractivity contribution < 1.29 is 31.6 Å². The molecule has 2 aromatic carbocycles. The largest absolute Gasteiger partial charge is 0.467 e. The Labute approximate surface area is 179 Å². The van der Waals surface area contributed by atoms with Gasteiger partial charge in [0.15, 0.2) is 0 Å². The van der Waals surface area contributed by atoms with Crippen LogP contribution in [0, 0.1) is 5.82 Å². The van der Waals surface area contributed by atoms with E-state index in [9.17, 15) is 27.2 Å². The number of carbonyl (C=O) groups is 2. The molecule has 164 valence electrons. The normalized spacial score (nSPS) is 18.6. The van der Waals surface area contributed by atoms with E-state index in [1.54, 1.807) is 23.5 Å². The fourth-order valence-corrected chi connectivity index (χ4v) is 3.25. The molecule has 1 unspecified atom stereocenters. The zero-order valence-electron chi connectivity index (χ0n) is 16.3. The van der Waals surface area contributed by atoms with Crippen LogP contribution >= 0.6 is 0 Å². The van der Waals surface area contributed by atoms with Crippen molar-refractivity contribution in [1.29, 1.82) is 0 Å². The molecule has 2 heterocycles. The third kappa shape index (κ3) is 3.75. The first kappa shape index (κ1) is 21.3. The van der Waals surface area contributed by atoms with Gasteiger partial charge in [0.25, 0.3) is 11.8 Å². The van der Waals surface area contributed by atoms with E-state index < -0.39 is 29.5 Å². The number of hydrogen-bond acceptors (Lipinski definition) is 4. The van der Waals surface area contributed by atoms with Crippen molar-refractivity contribution in [3.63, 3.8) is 0 Å². The molecule has 10 heteroatoms. The molecule has 4 rings (SSSR count). The molecule has 1 aliphatic rings. The standard InChI is InChI=1S/C22H15F4N3O3/c23-16-10-8-15(9-11-16)19(30)28-21(22(24,25)26)20(31)29(13-17-7-4-12-32-17)18(27-21)14-5-2-1-3-6-14/h1-12H,13H2,(H,28,30). The van der Waals surface area contributed by atoms with Crippen LogP contribution in [0.3, 0.4) is 0 Å². The number of alkyl halides is 3. The van der Waals surface area contributed by atoms with E-state index in [0.29, 0.717) is 0 Å². The Morgan fingerprint density at radius 3 is 2.31 bits per heavy atom. The van der Waals surface area contributed by atoms with Gasteiger partial charge in [0.1, 0.15) is 17.4 Å². The Hall–Kier alpha value is -3.95. The van der Waals surface area contributed by atoms with Crippen LogP contribution in [0.2, 0.25) is 0 Å². The molecule has 6 nitrogen and oxygen atoms in total. The van der Waals surface area contributed by atoms with Crippen molar-refractivity contribution in [2.45, 2.75) is 18.4 Å². The lowest BCUT2D eigenvalue weighted by molar-refractivity contribution is -0.196. The second-order valence-electron chi connectivity index (χ2n) is 6.94. The van der Waals surface area contributed by atoms with Gasteiger partial charge in [-0.3, -0.25) is 14.5 Å². The van der Waals surface area contributed by atoms with Crippen LogP contribution in [0.1, 0.15) is 21.7 Å². The minimum atomic E-state index is -5.27. The number of hydrogen-bond donors (Lipinski definition) is 1. The minimum Gasteiger partial charge on any atom is -0.467 e. The van der Waals surface area contributed by atoms with Gasteiger partial charge in [-0.05, 0) is 36.4 Å². The highest BCUT2D eigenvalue weighted by Crippen LogP contribution is 2.39. The lowest BCUT2D eigenvalue weighted by Gasteiger charge is -2.29. The number of aliphatic imine (C=N–C) groups is 1. The lowest BCUT2D eigenvalue weighted by atomic mass is 10.1. The summed E-state index contributed by atoms with van der Waals surface area (Å²) in [5.41, 5.74) is -3.57. The summed E-state index contributed by atoms with van der Waals surface area (Å²) in [5.74, 6) is -3.44. The molecule has 0 bridgehead atoms. The smallest absolute Gasteiger partial charge is 0.442 e. The second-order valence-corrected chi connectivity index (χ2v) is 6.94. The van der Waals surface area contributed by atoms with Gasteiger partial charge in [0.05, 0.1) is 12.8 Å². The maximum atomic E-state index is 14.3. The molecule has 3 aromatic rings. The van der Waals surface area contributed by atoms with Crippen molar-refractivity contribution >= 4 is 17.6 Å². The Bertz CT molecular complexity index is 1160. The number of benzene rings is 2. The highest BCUT2D eigenvalue weighted by Gasteiger charge is 2.67. The summed E-state index contributed by atoms with van der Waals surface area (Å²) in [6.45, 7) is -0.330. The molecular formula is C22H15F4N3O3. The molecule has 0 aliphatic carbocycles. The zero-order chi connectivity index (χ0) is 22.9. The second kappa shape index (κ2) is 7.95. The summed E-state index contributed by atoms with van der Waals surface area (Å²) in [7, 11) is 0.